The second kappa shape index (κ2) is 6.80. The lowest BCUT2D eigenvalue weighted by Gasteiger charge is -2.31. The molecule has 1 rings (SSSR count). The van der Waals surface area contributed by atoms with Crippen LogP contribution in [0.1, 0.15) is 6.42 Å². The molecule has 0 aromatic carbocycles. The van der Waals surface area contributed by atoms with Gasteiger partial charge in [0.2, 0.25) is 0 Å². The van der Waals surface area contributed by atoms with E-state index in [1.54, 1.807) is 11.8 Å². The average molecular weight is 268 g/mol. The van der Waals surface area contributed by atoms with Crippen molar-refractivity contribution < 1.29 is 13.0 Å². The lowest BCUT2D eigenvalue weighted by atomic mass is 10.4. The molecule has 7 heteroatoms. The highest BCUT2D eigenvalue weighted by molar-refractivity contribution is 7.99. The largest absolute Gasteiger partial charge is 0.304 e. The maximum Gasteiger partial charge on any atom is 0.264 e. The van der Waals surface area contributed by atoms with Gasteiger partial charge in [0.05, 0.1) is 5.75 Å². The predicted molar refractivity (Wildman–Crippen MR) is 67.4 cm³/mol. The van der Waals surface area contributed by atoms with Gasteiger partial charge < -0.3 is 4.90 Å². The molecule has 0 radical (unpaired) electrons. The number of hydrogen-bond donors (Lipinski definition) is 1. The quantitative estimate of drug-likeness (QED) is 0.549. The van der Waals surface area contributed by atoms with Crippen LogP contribution >= 0.6 is 11.8 Å². The van der Waals surface area contributed by atoms with Crippen LogP contribution in [-0.4, -0.2) is 73.4 Å². The molecule has 1 saturated heterocycles. The van der Waals surface area contributed by atoms with E-state index in [9.17, 15) is 8.42 Å². The highest BCUT2D eigenvalue weighted by Crippen LogP contribution is 2.09. The van der Waals surface area contributed by atoms with Crippen molar-refractivity contribution >= 4 is 21.9 Å². The van der Waals surface area contributed by atoms with Crippen LogP contribution in [0.5, 0.6) is 0 Å². The molecule has 16 heavy (non-hydrogen) atoms. The zero-order valence-corrected chi connectivity index (χ0v) is 11.3. The Kier molecular flexibility index (Phi) is 6.06. The Labute approximate surface area is 102 Å². The molecule has 0 spiro atoms. The minimum atomic E-state index is -3.77. The number of thioether (sulfide) groups is 1. The van der Waals surface area contributed by atoms with E-state index in [1.807, 2.05) is 0 Å². The fourth-order valence-corrected chi connectivity index (χ4v) is 3.20. The van der Waals surface area contributed by atoms with Crippen LogP contribution in [0.3, 0.4) is 0 Å². The van der Waals surface area contributed by atoms with Crippen LogP contribution in [-0.2, 0) is 10.1 Å². The highest BCUT2D eigenvalue weighted by Gasteiger charge is 2.13. The summed E-state index contributed by atoms with van der Waals surface area (Å²) in [6, 6.07) is 0. The summed E-state index contributed by atoms with van der Waals surface area (Å²) in [6.45, 7) is 4.38. The standard InChI is InChI=1S/C9H20N2O3S2/c1-10-3-5-11(6-4-10)9-15-7-2-8-16(12,13)14/h2-9H2,1H3,(H,12,13,14). The number of rotatable bonds is 6. The van der Waals surface area contributed by atoms with Crippen molar-refractivity contribution in [3.63, 3.8) is 0 Å². The Hall–Kier alpha value is 0.180. The minimum Gasteiger partial charge on any atom is -0.304 e. The molecule has 96 valence electrons. The van der Waals surface area contributed by atoms with Gasteiger partial charge in [0.15, 0.2) is 0 Å². The third-order valence-corrected chi connectivity index (χ3v) is 4.49. The zero-order chi connectivity index (χ0) is 12.0. The topological polar surface area (TPSA) is 60.9 Å². The first-order valence-electron chi connectivity index (χ1n) is 5.41. The van der Waals surface area contributed by atoms with E-state index in [-0.39, 0.29) is 5.75 Å². The number of hydrogen-bond acceptors (Lipinski definition) is 5. The summed E-state index contributed by atoms with van der Waals surface area (Å²) in [5, 5.41) is 0. The minimum absolute atomic E-state index is 0.122. The van der Waals surface area contributed by atoms with Crippen LogP contribution in [0.15, 0.2) is 0 Å². The molecule has 1 heterocycles. The Morgan fingerprint density at radius 2 is 1.88 bits per heavy atom. The molecule has 0 saturated carbocycles. The number of likely N-dealkylation sites (N-methyl/N-ethyl adjacent to an activating group) is 1. The second-order valence-corrected chi connectivity index (χ2v) is 6.75. The summed E-state index contributed by atoms with van der Waals surface area (Å²) >= 11 is 1.73. The normalized spacial score (nSPS) is 20.1. The first-order chi connectivity index (χ1) is 7.47. The SMILES string of the molecule is CN1CCN(CSCCCS(=O)(=O)O)CC1. The fraction of sp³-hybridized carbons (Fsp3) is 1.00. The van der Waals surface area contributed by atoms with Crippen LogP contribution in [0.25, 0.3) is 0 Å². The molecule has 1 fully saturated rings. The smallest absolute Gasteiger partial charge is 0.264 e. The van der Waals surface area contributed by atoms with Crippen molar-refractivity contribution in [2.45, 2.75) is 6.42 Å². The number of nitrogens with zero attached hydrogens (tertiary/aromatic N) is 2. The molecule has 5 nitrogen and oxygen atoms in total. The molecule has 0 aromatic rings. The molecule has 0 aliphatic carbocycles. The van der Waals surface area contributed by atoms with Crippen LogP contribution in [0, 0.1) is 0 Å². The van der Waals surface area contributed by atoms with E-state index in [2.05, 4.69) is 16.8 Å². The van der Waals surface area contributed by atoms with E-state index in [0.29, 0.717) is 6.42 Å². The van der Waals surface area contributed by atoms with Crippen molar-refractivity contribution in [1.29, 1.82) is 0 Å². The van der Waals surface area contributed by atoms with Gasteiger partial charge in [-0.25, -0.2) is 0 Å². The van der Waals surface area contributed by atoms with Gasteiger partial charge >= 0.3 is 0 Å². The predicted octanol–water partition coefficient (Wildman–Crippen LogP) is 0.202. The summed E-state index contributed by atoms with van der Waals surface area (Å²) in [5.74, 6) is 1.62. The van der Waals surface area contributed by atoms with Gasteiger partial charge in [-0.05, 0) is 19.2 Å². The molecular weight excluding hydrogens is 248 g/mol. The van der Waals surface area contributed by atoms with Crippen LogP contribution in [0.2, 0.25) is 0 Å². The summed E-state index contributed by atoms with van der Waals surface area (Å²) in [7, 11) is -1.65. The monoisotopic (exact) mass is 268 g/mol. The van der Waals surface area contributed by atoms with Crippen molar-refractivity contribution in [3.05, 3.63) is 0 Å². The molecule has 0 unspecified atom stereocenters. The van der Waals surface area contributed by atoms with Crippen molar-refractivity contribution in [2.75, 3.05) is 50.6 Å². The second-order valence-electron chi connectivity index (χ2n) is 4.10. The summed E-state index contributed by atoms with van der Waals surface area (Å²) < 4.78 is 29.5. The Balaban J connectivity index is 1.99. The van der Waals surface area contributed by atoms with E-state index in [1.165, 1.54) is 0 Å². The maximum absolute atomic E-state index is 10.5. The molecule has 1 N–H and O–H groups in total. The lowest BCUT2D eigenvalue weighted by Crippen LogP contribution is -2.44. The summed E-state index contributed by atoms with van der Waals surface area (Å²) in [6.07, 6.45) is 0.525. The molecule has 1 aliphatic rings. The molecule has 0 amide bonds. The van der Waals surface area contributed by atoms with E-state index < -0.39 is 10.1 Å². The first-order valence-corrected chi connectivity index (χ1v) is 8.17. The van der Waals surface area contributed by atoms with Gasteiger partial charge in [0.25, 0.3) is 10.1 Å². The highest BCUT2D eigenvalue weighted by atomic mass is 32.2. The molecule has 0 bridgehead atoms. The molecule has 0 aromatic heterocycles. The fourth-order valence-electron chi connectivity index (χ4n) is 1.51. The van der Waals surface area contributed by atoms with Crippen molar-refractivity contribution in [3.8, 4) is 0 Å². The maximum atomic E-state index is 10.5. The lowest BCUT2D eigenvalue weighted by molar-refractivity contribution is 0.175. The first kappa shape index (κ1) is 14.2. The van der Waals surface area contributed by atoms with Crippen LogP contribution in [0.4, 0.5) is 0 Å². The number of piperazine rings is 1. The van der Waals surface area contributed by atoms with Crippen molar-refractivity contribution in [2.24, 2.45) is 0 Å². The van der Waals surface area contributed by atoms with Gasteiger partial charge in [0.1, 0.15) is 0 Å². The van der Waals surface area contributed by atoms with Crippen molar-refractivity contribution in [1.82, 2.24) is 9.80 Å². The van der Waals surface area contributed by atoms with Gasteiger partial charge in [-0.1, -0.05) is 0 Å². The molecule has 1 aliphatic heterocycles. The van der Waals surface area contributed by atoms with E-state index >= 15 is 0 Å². The molecule has 0 atom stereocenters. The zero-order valence-electron chi connectivity index (χ0n) is 9.63. The Morgan fingerprint density at radius 1 is 1.25 bits per heavy atom. The van der Waals surface area contributed by atoms with E-state index in [0.717, 1.165) is 37.8 Å². The average Bonchev–Trinajstić information content (AvgIpc) is 2.19. The Bertz CT molecular complexity index is 287. The van der Waals surface area contributed by atoms with E-state index in [4.69, 9.17) is 4.55 Å². The summed E-state index contributed by atoms with van der Waals surface area (Å²) in [4.78, 5) is 4.68. The third-order valence-electron chi connectivity index (χ3n) is 2.56. The Morgan fingerprint density at radius 3 is 2.44 bits per heavy atom. The van der Waals surface area contributed by atoms with Gasteiger partial charge in [-0.15, -0.1) is 11.8 Å². The summed E-state index contributed by atoms with van der Waals surface area (Å²) in [5.41, 5.74) is 0. The molecular formula is C9H20N2O3S2. The third kappa shape index (κ3) is 6.70. The van der Waals surface area contributed by atoms with Gasteiger partial charge in [-0.2, -0.15) is 8.42 Å². The van der Waals surface area contributed by atoms with Crippen LogP contribution < -0.4 is 0 Å². The van der Waals surface area contributed by atoms with Gasteiger partial charge in [0, 0.05) is 32.1 Å². The van der Waals surface area contributed by atoms with Gasteiger partial charge in [-0.3, -0.25) is 9.45 Å².